The van der Waals surface area contributed by atoms with Crippen LogP contribution in [-0.2, 0) is 0 Å². The number of fused-ring (bicyclic) bond motifs is 1. The lowest BCUT2D eigenvalue weighted by atomic mass is 10.2. The van der Waals surface area contributed by atoms with E-state index in [0.29, 0.717) is 0 Å². The van der Waals surface area contributed by atoms with E-state index in [-0.39, 0.29) is 0 Å². The van der Waals surface area contributed by atoms with Crippen molar-refractivity contribution in [3.8, 4) is 5.69 Å². The Balaban J connectivity index is 2.21. The Bertz CT molecular complexity index is 671. The molecule has 4 heteroatoms. The molecule has 17 heavy (non-hydrogen) atoms. The predicted octanol–water partition coefficient (Wildman–Crippen LogP) is 3.21. The molecule has 0 aliphatic carbocycles. The predicted molar refractivity (Wildman–Crippen MR) is 78.2 cm³/mol. The van der Waals surface area contributed by atoms with Crippen LogP contribution in [0.5, 0.6) is 0 Å². The standard InChI is InChI=1S/C13H10IN3/c14-9-1-4-11(5-2-9)17-8-16-12-7-10(15)3-6-13(12)17/h1-8H,15H2. The second kappa shape index (κ2) is 4.03. The van der Waals surface area contributed by atoms with Gasteiger partial charge in [0, 0.05) is 14.9 Å². The van der Waals surface area contributed by atoms with E-state index in [4.69, 9.17) is 5.73 Å². The van der Waals surface area contributed by atoms with Crippen molar-refractivity contribution in [2.45, 2.75) is 0 Å². The first-order valence-electron chi connectivity index (χ1n) is 5.22. The number of nitrogens with two attached hydrogens (primary N) is 1. The summed E-state index contributed by atoms with van der Waals surface area (Å²) in [7, 11) is 0. The molecular formula is C13H10IN3. The maximum atomic E-state index is 5.74. The second-order valence-electron chi connectivity index (χ2n) is 3.84. The van der Waals surface area contributed by atoms with Gasteiger partial charge in [0.05, 0.1) is 11.0 Å². The van der Waals surface area contributed by atoms with Crippen LogP contribution < -0.4 is 5.73 Å². The zero-order valence-electron chi connectivity index (χ0n) is 8.97. The smallest absolute Gasteiger partial charge is 0.100 e. The topological polar surface area (TPSA) is 43.8 Å². The Labute approximate surface area is 112 Å². The van der Waals surface area contributed by atoms with Gasteiger partial charge >= 0.3 is 0 Å². The van der Waals surface area contributed by atoms with E-state index in [1.807, 2.05) is 24.5 Å². The maximum absolute atomic E-state index is 5.74. The summed E-state index contributed by atoms with van der Waals surface area (Å²) >= 11 is 2.30. The monoisotopic (exact) mass is 335 g/mol. The third kappa shape index (κ3) is 1.88. The quantitative estimate of drug-likeness (QED) is 0.548. The van der Waals surface area contributed by atoms with E-state index in [1.165, 1.54) is 3.57 Å². The molecule has 1 aromatic heterocycles. The van der Waals surface area contributed by atoms with E-state index in [9.17, 15) is 0 Å². The van der Waals surface area contributed by atoms with Gasteiger partial charge in [-0.1, -0.05) is 0 Å². The SMILES string of the molecule is Nc1ccc2c(c1)ncn2-c1ccc(I)cc1. The van der Waals surface area contributed by atoms with E-state index < -0.39 is 0 Å². The highest BCUT2D eigenvalue weighted by molar-refractivity contribution is 14.1. The van der Waals surface area contributed by atoms with Crippen molar-refractivity contribution in [2.75, 3.05) is 5.73 Å². The van der Waals surface area contributed by atoms with Gasteiger partial charge in [-0.3, -0.25) is 4.57 Å². The molecule has 0 atom stereocenters. The van der Waals surface area contributed by atoms with E-state index in [2.05, 4.69) is 56.4 Å². The number of hydrogen-bond donors (Lipinski definition) is 1. The maximum Gasteiger partial charge on any atom is 0.100 e. The molecule has 0 unspecified atom stereocenters. The van der Waals surface area contributed by atoms with Crippen LogP contribution in [0, 0.1) is 3.57 Å². The zero-order valence-corrected chi connectivity index (χ0v) is 11.1. The van der Waals surface area contributed by atoms with Crippen LogP contribution in [-0.4, -0.2) is 9.55 Å². The number of benzene rings is 2. The number of aromatic nitrogens is 2. The summed E-state index contributed by atoms with van der Waals surface area (Å²) < 4.78 is 3.28. The molecule has 84 valence electrons. The van der Waals surface area contributed by atoms with Gasteiger partial charge in [0.15, 0.2) is 0 Å². The van der Waals surface area contributed by atoms with Crippen molar-refractivity contribution in [1.82, 2.24) is 9.55 Å². The molecule has 2 aromatic carbocycles. The van der Waals surface area contributed by atoms with Crippen LogP contribution in [0.25, 0.3) is 16.7 Å². The van der Waals surface area contributed by atoms with Gasteiger partial charge in [0.1, 0.15) is 6.33 Å². The minimum Gasteiger partial charge on any atom is -0.399 e. The largest absolute Gasteiger partial charge is 0.399 e. The summed E-state index contributed by atoms with van der Waals surface area (Å²) in [6, 6.07) is 14.1. The molecule has 2 N–H and O–H groups in total. The summed E-state index contributed by atoms with van der Waals surface area (Å²) in [6.45, 7) is 0. The molecular weight excluding hydrogens is 325 g/mol. The number of imidazole rings is 1. The van der Waals surface area contributed by atoms with Crippen LogP contribution in [0.2, 0.25) is 0 Å². The van der Waals surface area contributed by atoms with Crippen LogP contribution in [0.15, 0.2) is 48.8 Å². The summed E-state index contributed by atoms with van der Waals surface area (Å²) in [4.78, 5) is 4.36. The van der Waals surface area contributed by atoms with Crippen molar-refractivity contribution < 1.29 is 0 Å². The second-order valence-corrected chi connectivity index (χ2v) is 5.08. The molecule has 3 nitrogen and oxygen atoms in total. The average molecular weight is 335 g/mol. The number of hydrogen-bond acceptors (Lipinski definition) is 2. The Kier molecular flexibility index (Phi) is 2.51. The average Bonchev–Trinajstić information content (AvgIpc) is 2.73. The minimum absolute atomic E-state index is 0.741. The Morgan fingerprint density at radius 3 is 2.59 bits per heavy atom. The summed E-state index contributed by atoms with van der Waals surface area (Å²) in [5.74, 6) is 0. The Morgan fingerprint density at radius 1 is 1.06 bits per heavy atom. The molecule has 0 saturated carbocycles. The Morgan fingerprint density at radius 2 is 1.82 bits per heavy atom. The number of nitrogens with zero attached hydrogens (tertiary/aromatic N) is 2. The van der Waals surface area contributed by atoms with Gasteiger partial charge in [0.25, 0.3) is 0 Å². The third-order valence-electron chi connectivity index (χ3n) is 2.68. The molecule has 1 heterocycles. The van der Waals surface area contributed by atoms with Gasteiger partial charge in [-0.05, 0) is 65.1 Å². The lowest BCUT2D eigenvalue weighted by Gasteiger charge is -2.04. The van der Waals surface area contributed by atoms with E-state index >= 15 is 0 Å². The highest BCUT2D eigenvalue weighted by Crippen LogP contribution is 2.20. The van der Waals surface area contributed by atoms with Gasteiger partial charge in [-0.15, -0.1) is 0 Å². The molecule has 0 aliphatic rings. The number of anilines is 1. The fraction of sp³-hybridized carbons (Fsp3) is 0. The summed E-state index contributed by atoms with van der Waals surface area (Å²) in [6.07, 6.45) is 1.83. The molecule has 3 aromatic rings. The highest BCUT2D eigenvalue weighted by atomic mass is 127. The van der Waals surface area contributed by atoms with Crippen molar-refractivity contribution in [3.05, 3.63) is 52.4 Å². The van der Waals surface area contributed by atoms with Crippen molar-refractivity contribution in [1.29, 1.82) is 0 Å². The molecule has 0 bridgehead atoms. The lowest BCUT2D eigenvalue weighted by Crippen LogP contribution is -1.92. The third-order valence-corrected chi connectivity index (χ3v) is 3.40. The fourth-order valence-corrected chi connectivity index (χ4v) is 2.20. The van der Waals surface area contributed by atoms with Crippen LogP contribution in [0.3, 0.4) is 0 Å². The molecule has 0 saturated heterocycles. The molecule has 0 aliphatic heterocycles. The van der Waals surface area contributed by atoms with Crippen molar-refractivity contribution in [3.63, 3.8) is 0 Å². The first-order valence-corrected chi connectivity index (χ1v) is 6.30. The number of rotatable bonds is 1. The van der Waals surface area contributed by atoms with Gasteiger partial charge in [0.2, 0.25) is 0 Å². The first-order chi connectivity index (χ1) is 8.24. The fourth-order valence-electron chi connectivity index (χ4n) is 1.84. The zero-order chi connectivity index (χ0) is 11.8. The summed E-state index contributed by atoms with van der Waals surface area (Å²) in [5, 5.41) is 0. The van der Waals surface area contributed by atoms with Crippen molar-refractivity contribution in [2.24, 2.45) is 0 Å². The first kappa shape index (κ1) is 10.6. The van der Waals surface area contributed by atoms with Gasteiger partial charge < -0.3 is 5.73 Å². The number of halogens is 1. The number of nitrogen functional groups attached to an aromatic ring is 1. The highest BCUT2D eigenvalue weighted by Gasteiger charge is 2.04. The molecule has 0 spiro atoms. The lowest BCUT2D eigenvalue weighted by molar-refractivity contribution is 1.09. The summed E-state index contributed by atoms with van der Waals surface area (Å²) in [5.41, 5.74) is 9.58. The van der Waals surface area contributed by atoms with E-state index in [0.717, 1.165) is 22.4 Å². The molecule has 0 amide bonds. The molecule has 0 radical (unpaired) electrons. The van der Waals surface area contributed by atoms with Crippen LogP contribution >= 0.6 is 22.6 Å². The normalized spacial score (nSPS) is 10.9. The van der Waals surface area contributed by atoms with Crippen LogP contribution in [0.4, 0.5) is 5.69 Å². The van der Waals surface area contributed by atoms with E-state index in [1.54, 1.807) is 0 Å². The van der Waals surface area contributed by atoms with Gasteiger partial charge in [-0.25, -0.2) is 4.98 Å². The van der Waals surface area contributed by atoms with Crippen LogP contribution in [0.1, 0.15) is 0 Å². The Hall–Kier alpha value is -1.56. The molecule has 3 rings (SSSR count). The molecule has 0 fully saturated rings. The van der Waals surface area contributed by atoms with Crippen molar-refractivity contribution >= 4 is 39.3 Å². The van der Waals surface area contributed by atoms with Gasteiger partial charge in [-0.2, -0.15) is 0 Å². The minimum atomic E-state index is 0.741.